The van der Waals surface area contributed by atoms with Crippen LogP contribution in [0, 0.1) is 6.07 Å². The van der Waals surface area contributed by atoms with Crippen LogP contribution in [0.25, 0.3) is 5.57 Å². The molecule has 12 heteroatoms. The van der Waals surface area contributed by atoms with E-state index in [-0.39, 0.29) is 41.7 Å². The number of nitrogens with zero attached hydrogens (tertiary/aromatic N) is 3. The second-order valence-corrected chi connectivity index (χ2v) is 14.6. The molecule has 0 aliphatic heterocycles. The molecule has 49 heavy (non-hydrogen) atoms. The van der Waals surface area contributed by atoms with E-state index in [2.05, 4.69) is 30.4 Å². The normalized spacial score (nSPS) is 13.4. The van der Waals surface area contributed by atoms with Gasteiger partial charge in [-0.3, -0.25) is 4.55 Å². The van der Waals surface area contributed by atoms with Crippen LogP contribution in [0.5, 0.6) is 0 Å². The van der Waals surface area contributed by atoms with Crippen molar-refractivity contribution >= 4 is 42.9 Å². The van der Waals surface area contributed by atoms with E-state index in [9.17, 15) is 25.9 Å². The van der Waals surface area contributed by atoms with Crippen molar-refractivity contribution in [2.45, 2.75) is 16.8 Å². The average molecular weight is 706 g/mol. The van der Waals surface area contributed by atoms with E-state index in [0.717, 1.165) is 33.7 Å². The predicted molar refractivity (Wildman–Crippen MR) is 189 cm³/mol. The minimum Gasteiger partial charge on any atom is -0.744 e. The van der Waals surface area contributed by atoms with Gasteiger partial charge in [0.15, 0.2) is 5.71 Å². The summed E-state index contributed by atoms with van der Waals surface area (Å²) in [6, 6.07) is 30.0. The molecule has 0 fully saturated rings. The minimum absolute atomic E-state index is 0. The molecule has 1 aliphatic carbocycles. The molecule has 0 bridgehead atoms. The average Bonchev–Trinajstić information content (AvgIpc) is 3.05. The SMILES string of the molecule is CN(C)c1ccc(C(=C2C=CC(=[N+](C)C)C=C2)c2ccc(N(Cc3cccc(S(=O)(=O)[O-])c3)C(c3c[c-]ccc3)S(=O)(=O)O)cc2)cc1.[Na+]. The first-order chi connectivity index (χ1) is 22.7. The minimum atomic E-state index is -4.76. The Hall–Kier alpha value is -3.81. The Labute approximate surface area is 311 Å². The third-order valence-electron chi connectivity index (χ3n) is 7.95. The molecule has 0 heterocycles. The molecular weight excluding hydrogens is 670 g/mol. The van der Waals surface area contributed by atoms with Gasteiger partial charge in [0.2, 0.25) is 0 Å². The Kier molecular flexibility index (Phi) is 12.3. The van der Waals surface area contributed by atoms with Gasteiger partial charge in [-0.05, 0) is 76.4 Å². The van der Waals surface area contributed by atoms with E-state index >= 15 is 0 Å². The van der Waals surface area contributed by atoms with Crippen LogP contribution in [0.1, 0.15) is 27.6 Å². The summed E-state index contributed by atoms with van der Waals surface area (Å²) in [6.07, 6.45) is 8.21. The fourth-order valence-corrected chi connectivity index (χ4v) is 7.10. The molecule has 1 N–H and O–H groups in total. The number of allylic oxidation sites excluding steroid dienone is 5. The Morgan fingerprint density at radius 1 is 0.837 bits per heavy atom. The van der Waals surface area contributed by atoms with Crippen molar-refractivity contribution in [3.63, 3.8) is 0 Å². The molecule has 0 amide bonds. The van der Waals surface area contributed by atoms with Gasteiger partial charge < -0.3 is 14.4 Å². The summed E-state index contributed by atoms with van der Waals surface area (Å²) in [4.78, 5) is 3.04. The van der Waals surface area contributed by atoms with Crippen molar-refractivity contribution in [3.05, 3.63) is 155 Å². The molecule has 0 aromatic heterocycles. The van der Waals surface area contributed by atoms with Gasteiger partial charge in [-0.15, -0.1) is 5.56 Å². The van der Waals surface area contributed by atoms with Crippen LogP contribution in [0.2, 0.25) is 0 Å². The maximum absolute atomic E-state index is 13.0. The monoisotopic (exact) mass is 705 g/mol. The number of hydrogen-bond donors (Lipinski definition) is 1. The van der Waals surface area contributed by atoms with Crippen LogP contribution in [0.15, 0.2) is 132 Å². The molecule has 9 nitrogen and oxygen atoms in total. The van der Waals surface area contributed by atoms with E-state index in [1.54, 1.807) is 36.4 Å². The Bertz CT molecular complexity index is 2120. The van der Waals surface area contributed by atoms with Crippen LogP contribution in [0.4, 0.5) is 11.4 Å². The molecule has 4 aromatic rings. The standard InChI is InChI=1S/C37H37N3O6S2.Na/c1-38(2)32-19-13-28(14-20-32)36(29-15-21-33(22-16-29)39(3)4)30-17-23-34(24-18-30)40(26-27-9-8-12-35(25-27)47(41,42)43)37(48(44,45)46)31-10-6-5-7-11-31;/h5-6,8-25,37H,26H2,1-4H3,(H,41,42,43)(H,44,45,46);/q;+1/p-1. The molecule has 4 aromatic carbocycles. The Morgan fingerprint density at radius 2 is 1.43 bits per heavy atom. The topological polar surface area (TPSA) is 121 Å². The molecule has 5 rings (SSSR count). The zero-order valence-electron chi connectivity index (χ0n) is 28.0. The number of anilines is 2. The molecule has 1 aliphatic rings. The quantitative estimate of drug-likeness (QED) is 0.116. The van der Waals surface area contributed by atoms with Crippen molar-refractivity contribution in [2.24, 2.45) is 0 Å². The zero-order chi connectivity index (χ0) is 34.6. The number of benzene rings is 4. The van der Waals surface area contributed by atoms with Crippen LogP contribution in [-0.4, -0.2) is 64.4 Å². The van der Waals surface area contributed by atoms with Gasteiger partial charge in [0.25, 0.3) is 10.1 Å². The van der Waals surface area contributed by atoms with Crippen molar-refractivity contribution in [3.8, 4) is 0 Å². The van der Waals surface area contributed by atoms with E-state index < -0.39 is 30.5 Å². The molecule has 1 atom stereocenters. The van der Waals surface area contributed by atoms with Crippen LogP contribution >= 0.6 is 0 Å². The summed E-state index contributed by atoms with van der Waals surface area (Å²) < 4.78 is 73.9. The maximum Gasteiger partial charge on any atom is 1.00 e. The van der Waals surface area contributed by atoms with Gasteiger partial charge in [-0.2, -0.15) is 38.7 Å². The summed E-state index contributed by atoms with van der Waals surface area (Å²) in [5.41, 5.74) is 6.94. The smallest absolute Gasteiger partial charge is 0.744 e. The van der Waals surface area contributed by atoms with E-state index in [1.165, 1.54) is 29.2 Å². The van der Waals surface area contributed by atoms with Gasteiger partial charge in [-0.25, -0.2) is 13.0 Å². The van der Waals surface area contributed by atoms with Crippen LogP contribution in [0.3, 0.4) is 0 Å². The van der Waals surface area contributed by atoms with Gasteiger partial charge >= 0.3 is 29.6 Å². The maximum atomic E-state index is 13.0. The van der Waals surface area contributed by atoms with Crippen molar-refractivity contribution < 1.29 is 60.1 Å². The van der Waals surface area contributed by atoms with Gasteiger partial charge in [0.1, 0.15) is 29.6 Å². The predicted octanol–water partition coefficient (Wildman–Crippen LogP) is 2.70. The third kappa shape index (κ3) is 9.25. The number of rotatable bonds is 10. The summed E-state index contributed by atoms with van der Waals surface area (Å²) in [7, 11) is -1.59. The first-order valence-corrected chi connectivity index (χ1v) is 17.9. The molecule has 0 radical (unpaired) electrons. The second kappa shape index (κ2) is 15.8. The van der Waals surface area contributed by atoms with Crippen molar-refractivity contribution in [1.29, 1.82) is 0 Å². The number of hydrogen-bond acceptors (Lipinski definition) is 7. The summed E-state index contributed by atoms with van der Waals surface area (Å²) in [5.74, 6) is 0. The zero-order valence-corrected chi connectivity index (χ0v) is 31.6. The van der Waals surface area contributed by atoms with Crippen LogP contribution < -0.4 is 39.4 Å². The van der Waals surface area contributed by atoms with E-state index in [4.69, 9.17) is 0 Å². The Balaban J connectivity index is 0.00000541. The van der Waals surface area contributed by atoms with E-state index in [0.29, 0.717) is 11.3 Å². The first kappa shape index (κ1) is 38.0. The van der Waals surface area contributed by atoms with Gasteiger partial charge in [-0.1, -0.05) is 36.4 Å². The molecular formula is C37H36N3NaO6S2. The van der Waals surface area contributed by atoms with Crippen molar-refractivity contribution in [1.82, 2.24) is 0 Å². The molecule has 0 saturated carbocycles. The molecule has 0 spiro atoms. The second-order valence-electron chi connectivity index (χ2n) is 11.7. The summed E-state index contributed by atoms with van der Waals surface area (Å²) in [5, 5.41) is -1.56. The molecule has 248 valence electrons. The summed E-state index contributed by atoms with van der Waals surface area (Å²) in [6.45, 7) is -0.142. The fraction of sp³-hybridized carbons (Fsp3) is 0.162. The van der Waals surface area contributed by atoms with Crippen LogP contribution in [-0.2, 0) is 26.8 Å². The summed E-state index contributed by atoms with van der Waals surface area (Å²) >= 11 is 0. The fourth-order valence-electron chi connectivity index (χ4n) is 5.55. The third-order valence-corrected chi connectivity index (χ3v) is 9.88. The first-order valence-electron chi connectivity index (χ1n) is 15.0. The van der Waals surface area contributed by atoms with Gasteiger partial charge in [0, 0.05) is 44.2 Å². The largest absolute Gasteiger partial charge is 1.00 e. The Morgan fingerprint density at radius 3 is 1.92 bits per heavy atom. The molecule has 0 saturated heterocycles. The molecule has 1 unspecified atom stereocenters. The van der Waals surface area contributed by atoms with E-state index in [1.807, 2.05) is 74.1 Å². The van der Waals surface area contributed by atoms with Crippen molar-refractivity contribution in [2.75, 3.05) is 38.0 Å². The van der Waals surface area contributed by atoms with Gasteiger partial charge in [0.05, 0.1) is 4.90 Å².